The molecule has 102 valence electrons. The maximum atomic E-state index is 9.68. The molecule has 1 rings (SSSR count). The number of hydrogen-bond acceptors (Lipinski definition) is 5. The van der Waals surface area contributed by atoms with E-state index in [1.54, 1.807) is 7.11 Å². The van der Waals surface area contributed by atoms with E-state index < -0.39 is 6.10 Å². The summed E-state index contributed by atoms with van der Waals surface area (Å²) >= 11 is 0. The van der Waals surface area contributed by atoms with Gasteiger partial charge in [0.05, 0.1) is 32.5 Å². The Labute approximate surface area is 103 Å². The number of ether oxygens (including phenoxy) is 3. The number of rotatable bonds is 9. The highest BCUT2D eigenvalue weighted by atomic mass is 16.5. The van der Waals surface area contributed by atoms with Crippen LogP contribution in [0.25, 0.3) is 0 Å². The smallest absolute Gasteiger partial charge is 0.0897 e. The maximum Gasteiger partial charge on any atom is 0.0897 e. The minimum absolute atomic E-state index is 0.351. The summed E-state index contributed by atoms with van der Waals surface area (Å²) in [5.74, 6) is 0.566. The highest BCUT2D eigenvalue weighted by Crippen LogP contribution is 2.16. The summed E-state index contributed by atoms with van der Waals surface area (Å²) in [6.07, 6.45) is 0.644. The van der Waals surface area contributed by atoms with E-state index in [4.69, 9.17) is 14.2 Å². The van der Waals surface area contributed by atoms with Gasteiger partial charge in [-0.15, -0.1) is 0 Å². The van der Waals surface area contributed by atoms with Gasteiger partial charge in [0.1, 0.15) is 0 Å². The molecular formula is C12H25NO4. The SMILES string of the molecule is COCCOCC(O)CNC(C)C1CCOC1. The second-order valence-corrected chi connectivity index (χ2v) is 4.54. The summed E-state index contributed by atoms with van der Waals surface area (Å²) in [4.78, 5) is 0. The van der Waals surface area contributed by atoms with Crippen molar-refractivity contribution >= 4 is 0 Å². The van der Waals surface area contributed by atoms with E-state index in [1.165, 1.54) is 0 Å². The molecule has 0 aromatic rings. The van der Waals surface area contributed by atoms with E-state index in [-0.39, 0.29) is 0 Å². The van der Waals surface area contributed by atoms with Crippen LogP contribution < -0.4 is 5.32 Å². The largest absolute Gasteiger partial charge is 0.389 e. The van der Waals surface area contributed by atoms with Crippen molar-refractivity contribution in [2.45, 2.75) is 25.5 Å². The van der Waals surface area contributed by atoms with Crippen LogP contribution in [0.5, 0.6) is 0 Å². The lowest BCUT2D eigenvalue weighted by Gasteiger charge is -2.21. The zero-order valence-electron chi connectivity index (χ0n) is 10.9. The highest BCUT2D eigenvalue weighted by Gasteiger charge is 2.22. The Morgan fingerprint density at radius 2 is 2.29 bits per heavy atom. The molecule has 17 heavy (non-hydrogen) atoms. The first-order chi connectivity index (χ1) is 8.24. The van der Waals surface area contributed by atoms with Gasteiger partial charge in [-0.1, -0.05) is 0 Å². The maximum absolute atomic E-state index is 9.68. The Morgan fingerprint density at radius 3 is 2.94 bits per heavy atom. The van der Waals surface area contributed by atoms with Gasteiger partial charge in [-0.2, -0.15) is 0 Å². The van der Waals surface area contributed by atoms with E-state index in [1.807, 2.05) is 0 Å². The molecule has 5 nitrogen and oxygen atoms in total. The molecule has 1 aliphatic rings. The Hall–Kier alpha value is -0.200. The molecule has 0 amide bonds. The third-order valence-electron chi connectivity index (χ3n) is 3.09. The predicted molar refractivity (Wildman–Crippen MR) is 65.1 cm³/mol. The molecule has 1 heterocycles. The van der Waals surface area contributed by atoms with Crippen LogP contribution in [0.4, 0.5) is 0 Å². The third kappa shape index (κ3) is 6.33. The van der Waals surface area contributed by atoms with Gasteiger partial charge in [0.2, 0.25) is 0 Å². The molecule has 0 radical (unpaired) electrons. The number of nitrogens with one attached hydrogen (secondary N) is 1. The molecule has 5 heteroatoms. The zero-order chi connectivity index (χ0) is 12.5. The van der Waals surface area contributed by atoms with Crippen LogP contribution in [-0.4, -0.2) is 63.9 Å². The Balaban J connectivity index is 2.00. The summed E-state index contributed by atoms with van der Waals surface area (Å²) in [6, 6.07) is 0.381. The minimum Gasteiger partial charge on any atom is -0.389 e. The summed E-state index contributed by atoms with van der Waals surface area (Å²) in [5.41, 5.74) is 0. The van der Waals surface area contributed by atoms with Crippen LogP contribution in [-0.2, 0) is 14.2 Å². The van der Waals surface area contributed by atoms with Gasteiger partial charge >= 0.3 is 0 Å². The molecule has 0 aromatic carbocycles. The van der Waals surface area contributed by atoms with E-state index in [0.717, 1.165) is 19.6 Å². The quantitative estimate of drug-likeness (QED) is 0.563. The van der Waals surface area contributed by atoms with Gasteiger partial charge in [-0.05, 0) is 19.3 Å². The number of methoxy groups -OCH3 is 1. The number of aliphatic hydroxyl groups excluding tert-OH is 1. The molecule has 1 aliphatic heterocycles. The first-order valence-electron chi connectivity index (χ1n) is 6.30. The monoisotopic (exact) mass is 247 g/mol. The average molecular weight is 247 g/mol. The topological polar surface area (TPSA) is 60.0 Å². The second kappa shape index (κ2) is 8.83. The minimum atomic E-state index is -0.461. The molecule has 0 spiro atoms. The molecule has 1 fully saturated rings. The van der Waals surface area contributed by atoms with Gasteiger partial charge in [0.25, 0.3) is 0 Å². The van der Waals surface area contributed by atoms with Gasteiger partial charge in [-0.3, -0.25) is 0 Å². The zero-order valence-corrected chi connectivity index (χ0v) is 10.9. The average Bonchev–Trinajstić information content (AvgIpc) is 2.85. The lowest BCUT2D eigenvalue weighted by molar-refractivity contribution is 0.0124. The highest BCUT2D eigenvalue weighted by molar-refractivity contribution is 4.76. The van der Waals surface area contributed by atoms with Crippen LogP contribution in [0.1, 0.15) is 13.3 Å². The van der Waals surface area contributed by atoms with E-state index in [0.29, 0.717) is 38.3 Å². The molecule has 0 bridgehead atoms. The second-order valence-electron chi connectivity index (χ2n) is 4.54. The van der Waals surface area contributed by atoms with E-state index in [9.17, 15) is 5.11 Å². The summed E-state index contributed by atoms with van der Waals surface area (Å²) in [6.45, 7) is 5.83. The van der Waals surface area contributed by atoms with Crippen molar-refractivity contribution in [2.75, 3.05) is 46.7 Å². The molecule has 0 aromatic heterocycles. The Morgan fingerprint density at radius 1 is 1.47 bits per heavy atom. The van der Waals surface area contributed by atoms with Crippen molar-refractivity contribution in [3.8, 4) is 0 Å². The summed E-state index contributed by atoms with van der Waals surface area (Å²) in [7, 11) is 1.63. The number of hydrogen-bond donors (Lipinski definition) is 2. The van der Waals surface area contributed by atoms with Crippen LogP contribution in [0.3, 0.4) is 0 Å². The van der Waals surface area contributed by atoms with E-state index in [2.05, 4.69) is 12.2 Å². The van der Waals surface area contributed by atoms with Crippen LogP contribution in [0, 0.1) is 5.92 Å². The lowest BCUT2D eigenvalue weighted by Crippen LogP contribution is -2.40. The fourth-order valence-electron chi connectivity index (χ4n) is 1.86. The first kappa shape index (κ1) is 14.9. The predicted octanol–water partition coefficient (Wildman–Crippen LogP) is 0.0249. The van der Waals surface area contributed by atoms with Crippen molar-refractivity contribution in [1.29, 1.82) is 0 Å². The summed E-state index contributed by atoms with van der Waals surface area (Å²) in [5, 5.41) is 13.0. The fourth-order valence-corrected chi connectivity index (χ4v) is 1.86. The molecule has 3 unspecified atom stereocenters. The lowest BCUT2D eigenvalue weighted by atomic mass is 10.0. The standard InChI is InChI=1S/C12H25NO4/c1-10(11-3-4-16-8-11)13-7-12(14)9-17-6-5-15-2/h10-14H,3-9H2,1-2H3. The van der Waals surface area contributed by atoms with Gasteiger partial charge < -0.3 is 24.6 Å². The normalized spacial score (nSPS) is 23.8. The van der Waals surface area contributed by atoms with Crippen LogP contribution >= 0.6 is 0 Å². The summed E-state index contributed by atoms with van der Waals surface area (Å²) < 4.78 is 15.4. The molecule has 0 saturated carbocycles. The molecule has 1 saturated heterocycles. The molecule has 2 N–H and O–H groups in total. The van der Waals surface area contributed by atoms with E-state index >= 15 is 0 Å². The first-order valence-corrected chi connectivity index (χ1v) is 6.30. The van der Waals surface area contributed by atoms with Crippen LogP contribution in [0.15, 0.2) is 0 Å². The van der Waals surface area contributed by atoms with Gasteiger partial charge in [0.15, 0.2) is 0 Å². The molecular weight excluding hydrogens is 222 g/mol. The van der Waals surface area contributed by atoms with Crippen LogP contribution in [0.2, 0.25) is 0 Å². The van der Waals surface area contributed by atoms with Crippen molar-refractivity contribution in [3.05, 3.63) is 0 Å². The van der Waals surface area contributed by atoms with Gasteiger partial charge in [-0.25, -0.2) is 0 Å². The van der Waals surface area contributed by atoms with Gasteiger partial charge in [0, 0.05) is 26.3 Å². The third-order valence-corrected chi connectivity index (χ3v) is 3.09. The Kier molecular flexibility index (Phi) is 7.72. The van der Waals surface area contributed by atoms with Crippen molar-refractivity contribution < 1.29 is 19.3 Å². The van der Waals surface area contributed by atoms with Crippen molar-refractivity contribution in [3.63, 3.8) is 0 Å². The fraction of sp³-hybridized carbons (Fsp3) is 1.00. The van der Waals surface area contributed by atoms with Crippen molar-refractivity contribution in [2.24, 2.45) is 5.92 Å². The number of aliphatic hydroxyl groups is 1. The molecule has 3 atom stereocenters. The van der Waals surface area contributed by atoms with Crippen molar-refractivity contribution in [1.82, 2.24) is 5.32 Å². The molecule has 0 aliphatic carbocycles. The Bertz CT molecular complexity index is 185.